The molecule has 4 heteroatoms. The Bertz CT molecular complexity index is 655. The summed E-state index contributed by atoms with van der Waals surface area (Å²) in [5.74, 6) is 1.18. The van der Waals surface area contributed by atoms with E-state index in [0.29, 0.717) is 17.9 Å². The Labute approximate surface area is 137 Å². The van der Waals surface area contributed by atoms with Crippen molar-refractivity contribution >= 4 is 11.6 Å². The van der Waals surface area contributed by atoms with Gasteiger partial charge >= 0.3 is 0 Å². The Morgan fingerprint density at radius 1 is 1.09 bits per heavy atom. The van der Waals surface area contributed by atoms with E-state index >= 15 is 0 Å². The van der Waals surface area contributed by atoms with Gasteiger partial charge in [0.2, 0.25) is 0 Å². The predicted octanol–water partition coefficient (Wildman–Crippen LogP) is 4.05. The molecule has 23 heavy (non-hydrogen) atoms. The summed E-state index contributed by atoms with van der Waals surface area (Å²) in [7, 11) is 1.60. The molecular weight excluding hydrogens is 290 g/mol. The van der Waals surface area contributed by atoms with Crippen molar-refractivity contribution in [3.63, 3.8) is 0 Å². The summed E-state index contributed by atoms with van der Waals surface area (Å²) in [4.78, 5) is 12.5. The Balaban J connectivity index is 2.09. The highest BCUT2D eigenvalue weighted by Crippen LogP contribution is 2.22. The number of aryl methyl sites for hydroxylation is 1. The molecule has 0 aliphatic carbocycles. The van der Waals surface area contributed by atoms with Gasteiger partial charge in [0.05, 0.1) is 7.11 Å². The second-order valence-electron chi connectivity index (χ2n) is 5.19. The van der Waals surface area contributed by atoms with Gasteiger partial charge in [-0.1, -0.05) is 38.1 Å². The van der Waals surface area contributed by atoms with Crippen LogP contribution in [0.3, 0.4) is 0 Å². The van der Waals surface area contributed by atoms with Crippen molar-refractivity contribution in [3.8, 4) is 11.5 Å². The van der Waals surface area contributed by atoms with Gasteiger partial charge in [0.25, 0.3) is 5.91 Å². The van der Waals surface area contributed by atoms with Crippen molar-refractivity contribution in [2.45, 2.75) is 32.8 Å². The van der Waals surface area contributed by atoms with Gasteiger partial charge in [0.1, 0.15) is 11.5 Å². The number of benzene rings is 2. The molecule has 0 aromatic heterocycles. The van der Waals surface area contributed by atoms with Crippen LogP contribution in [0.2, 0.25) is 0 Å². The van der Waals surface area contributed by atoms with Crippen LogP contribution in [0.25, 0.3) is 0 Å². The van der Waals surface area contributed by atoms with E-state index in [1.807, 2.05) is 49.4 Å². The number of amides is 1. The first-order chi connectivity index (χ1) is 11.2. The quantitative estimate of drug-likeness (QED) is 0.838. The van der Waals surface area contributed by atoms with E-state index in [2.05, 4.69) is 12.2 Å². The number of rotatable bonds is 7. The fourth-order valence-corrected chi connectivity index (χ4v) is 2.32. The lowest BCUT2D eigenvalue weighted by Crippen LogP contribution is -2.32. The Morgan fingerprint density at radius 2 is 1.83 bits per heavy atom. The largest absolute Gasteiger partial charge is 0.497 e. The maximum Gasteiger partial charge on any atom is 0.265 e. The van der Waals surface area contributed by atoms with Crippen molar-refractivity contribution in [1.82, 2.24) is 0 Å². The summed E-state index contributed by atoms with van der Waals surface area (Å²) >= 11 is 0. The van der Waals surface area contributed by atoms with Crippen LogP contribution in [-0.4, -0.2) is 19.1 Å². The van der Waals surface area contributed by atoms with E-state index in [-0.39, 0.29) is 5.91 Å². The molecule has 1 atom stereocenters. The normalized spacial score (nSPS) is 11.6. The van der Waals surface area contributed by atoms with Gasteiger partial charge in [0, 0.05) is 11.8 Å². The van der Waals surface area contributed by atoms with Crippen LogP contribution in [0.4, 0.5) is 5.69 Å². The molecule has 1 N–H and O–H groups in total. The monoisotopic (exact) mass is 313 g/mol. The van der Waals surface area contributed by atoms with Crippen molar-refractivity contribution in [1.29, 1.82) is 0 Å². The molecule has 0 saturated carbocycles. The zero-order chi connectivity index (χ0) is 16.7. The summed E-state index contributed by atoms with van der Waals surface area (Å²) < 4.78 is 11.0. The zero-order valence-electron chi connectivity index (χ0n) is 13.8. The van der Waals surface area contributed by atoms with Crippen molar-refractivity contribution in [2.24, 2.45) is 0 Å². The molecule has 0 aliphatic heterocycles. The number of methoxy groups -OCH3 is 1. The lowest BCUT2D eigenvalue weighted by Gasteiger charge is -2.18. The molecule has 4 nitrogen and oxygen atoms in total. The molecule has 2 aromatic rings. The zero-order valence-corrected chi connectivity index (χ0v) is 13.8. The SMILES string of the molecule is CCc1ccccc1NC(=O)[C@@H](CC)Oc1cccc(OC)c1. The summed E-state index contributed by atoms with van der Waals surface area (Å²) in [6.07, 6.45) is 0.897. The summed E-state index contributed by atoms with van der Waals surface area (Å²) in [5, 5.41) is 2.97. The van der Waals surface area contributed by atoms with Crippen LogP contribution in [0, 0.1) is 0 Å². The molecule has 2 aromatic carbocycles. The number of ether oxygens (including phenoxy) is 2. The minimum atomic E-state index is -0.549. The van der Waals surface area contributed by atoms with Crippen LogP contribution in [-0.2, 0) is 11.2 Å². The van der Waals surface area contributed by atoms with Crippen molar-refractivity contribution < 1.29 is 14.3 Å². The maximum absolute atomic E-state index is 12.5. The molecule has 0 spiro atoms. The van der Waals surface area contributed by atoms with E-state index in [1.54, 1.807) is 13.2 Å². The Hall–Kier alpha value is -2.49. The van der Waals surface area contributed by atoms with Crippen LogP contribution in [0.5, 0.6) is 11.5 Å². The summed E-state index contributed by atoms with van der Waals surface area (Å²) in [6, 6.07) is 15.1. The van der Waals surface area contributed by atoms with Crippen LogP contribution < -0.4 is 14.8 Å². The van der Waals surface area contributed by atoms with Gasteiger partial charge in [-0.3, -0.25) is 4.79 Å². The summed E-state index contributed by atoms with van der Waals surface area (Å²) in [6.45, 7) is 3.99. The number of carbonyl (C=O) groups is 1. The number of anilines is 1. The molecule has 0 aliphatic rings. The maximum atomic E-state index is 12.5. The lowest BCUT2D eigenvalue weighted by molar-refractivity contribution is -0.122. The molecule has 2 rings (SSSR count). The summed E-state index contributed by atoms with van der Waals surface area (Å²) in [5.41, 5.74) is 1.95. The number of hydrogen-bond acceptors (Lipinski definition) is 3. The average Bonchev–Trinajstić information content (AvgIpc) is 2.60. The van der Waals surface area contributed by atoms with Crippen LogP contribution >= 0.6 is 0 Å². The molecule has 1 amide bonds. The van der Waals surface area contributed by atoms with Crippen molar-refractivity contribution in [2.75, 3.05) is 12.4 Å². The third-order valence-corrected chi connectivity index (χ3v) is 3.64. The van der Waals surface area contributed by atoms with Crippen LogP contribution in [0.15, 0.2) is 48.5 Å². The fraction of sp³-hybridized carbons (Fsp3) is 0.316. The van der Waals surface area contributed by atoms with E-state index in [4.69, 9.17) is 9.47 Å². The first-order valence-corrected chi connectivity index (χ1v) is 7.87. The third-order valence-electron chi connectivity index (χ3n) is 3.64. The van der Waals surface area contributed by atoms with Gasteiger partial charge in [-0.25, -0.2) is 0 Å². The fourth-order valence-electron chi connectivity index (χ4n) is 2.32. The Kier molecular flexibility index (Phi) is 6.03. The Morgan fingerprint density at radius 3 is 2.52 bits per heavy atom. The van der Waals surface area contributed by atoms with E-state index in [9.17, 15) is 4.79 Å². The number of hydrogen-bond donors (Lipinski definition) is 1. The highest BCUT2D eigenvalue weighted by Gasteiger charge is 2.19. The average molecular weight is 313 g/mol. The van der Waals surface area contributed by atoms with Gasteiger partial charge in [-0.15, -0.1) is 0 Å². The highest BCUT2D eigenvalue weighted by atomic mass is 16.5. The number of carbonyl (C=O) groups excluding carboxylic acids is 1. The third kappa shape index (κ3) is 4.49. The molecule has 122 valence electrons. The van der Waals surface area contributed by atoms with Gasteiger partial charge in [-0.05, 0) is 36.6 Å². The second kappa shape index (κ2) is 8.22. The molecule has 0 fully saturated rings. The minimum absolute atomic E-state index is 0.142. The molecule has 0 unspecified atom stereocenters. The topological polar surface area (TPSA) is 47.6 Å². The smallest absolute Gasteiger partial charge is 0.265 e. The van der Waals surface area contributed by atoms with E-state index in [0.717, 1.165) is 17.7 Å². The first kappa shape index (κ1) is 16.9. The standard InChI is InChI=1S/C19H23NO3/c1-4-14-9-6-7-12-17(14)20-19(21)18(5-2)23-16-11-8-10-15(13-16)22-3/h6-13,18H,4-5H2,1-3H3,(H,20,21)/t18-/m1/s1. The van der Waals surface area contributed by atoms with Crippen LogP contribution in [0.1, 0.15) is 25.8 Å². The molecule has 0 heterocycles. The molecule has 0 bridgehead atoms. The van der Waals surface area contributed by atoms with E-state index < -0.39 is 6.10 Å². The molecule has 0 radical (unpaired) electrons. The number of para-hydroxylation sites is 1. The minimum Gasteiger partial charge on any atom is -0.497 e. The molecule has 0 saturated heterocycles. The lowest BCUT2D eigenvalue weighted by atomic mass is 10.1. The van der Waals surface area contributed by atoms with E-state index in [1.165, 1.54) is 0 Å². The predicted molar refractivity (Wildman–Crippen MR) is 92.2 cm³/mol. The van der Waals surface area contributed by atoms with Crippen molar-refractivity contribution in [3.05, 3.63) is 54.1 Å². The number of nitrogens with one attached hydrogen (secondary N) is 1. The first-order valence-electron chi connectivity index (χ1n) is 7.87. The molecular formula is C19H23NO3. The van der Waals surface area contributed by atoms with Gasteiger partial charge in [0.15, 0.2) is 6.10 Å². The van der Waals surface area contributed by atoms with Gasteiger partial charge < -0.3 is 14.8 Å². The van der Waals surface area contributed by atoms with Gasteiger partial charge in [-0.2, -0.15) is 0 Å². The second-order valence-corrected chi connectivity index (χ2v) is 5.19. The highest BCUT2D eigenvalue weighted by molar-refractivity contribution is 5.95.